The molecule has 1 fully saturated rings. The topological polar surface area (TPSA) is 3.24 Å². The van der Waals surface area contributed by atoms with Gasteiger partial charge < -0.3 is 4.90 Å². The van der Waals surface area contributed by atoms with Crippen molar-refractivity contribution in [1.29, 1.82) is 0 Å². The van der Waals surface area contributed by atoms with Crippen LogP contribution in [0.3, 0.4) is 0 Å². The highest BCUT2D eigenvalue weighted by Crippen LogP contribution is 2.28. The van der Waals surface area contributed by atoms with Gasteiger partial charge in [0.1, 0.15) is 0 Å². The molecule has 1 nitrogen and oxygen atoms in total. The van der Waals surface area contributed by atoms with Gasteiger partial charge in [0.25, 0.3) is 0 Å². The summed E-state index contributed by atoms with van der Waals surface area (Å²) in [7, 11) is 0. The first-order valence-corrected chi connectivity index (χ1v) is 6.19. The first-order valence-electron chi connectivity index (χ1n) is 6.19. The SMILES string of the molecule is CC1CC=C(N2CCC(C)CC2)CC1. The van der Waals surface area contributed by atoms with Crippen molar-refractivity contribution in [1.82, 2.24) is 4.90 Å². The van der Waals surface area contributed by atoms with Crippen molar-refractivity contribution in [3.8, 4) is 0 Å². The molecule has 1 unspecified atom stereocenters. The predicted molar refractivity (Wildman–Crippen MR) is 61.1 cm³/mol. The largest absolute Gasteiger partial charge is 0.375 e. The lowest BCUT2D eigenvalue weighted by molar-refractivity contribution is 0.223. The molecule has 0 spiro atoms. The number of piperidine rings is 1. The number of nitrogens with zero attached hydrogens (tertiary/aromatic N) is 1. The summed E-state index contributed by atoms with van der Waals surface area (Å²) in [6.45, 7) is 7.36. The maximum Gasteiger partial charge on any atom is 0.0177 e. The Morgan fingerprint density at radius 1 is 1.07 bits per heavy atom. The number of rotatable bonds is 1. The fraction of sp³-hybridized carbons (Fsp3) is 0.846. The number of likely N-dealkylation sites (tertiary alicyclic amines) is 1. The summed E-state index contributed by atoms with van der Waals surface area (Å²) >= 11 is 0. The third-order valence-electron chi connectivity index (χ3n) is 3.84. The van der Waals surface area contributed by atoms with Crippen molar-refractivity contribution in [3.05, 3.63) is 11.8 Å². The summed E-state index contributed by atoms with van der Waals surface area (Å²) in [5.41, 5.74) is 1.65. The highest BCUT2D eigenvalue weighted by molar-refractivity contribution is 5.06. The molecule has 0 aromatic heterocycles. The Hall–Kier alpha value is -0.460. The molecule has 1 atom stereocenters. The highest BCUT2D eigenvalue weighted by Gasteiger charge is 2.19. The zero-order chi connectivity index (χ0) is 9.97. The minimum atomic E-state index is 0.919. The van der Waals surface area contributed by atoms with E-state index in [9.17, 15) is 0 Å². The van der Waals surface area contributed by atoms with Crippen LogP contribution in [0, 0.1) is 11.8 Å². The predicted octanol–water partition coefficient (Wildman–Crippen LogP) is 3.42. The van der Waals surface area contributed by atoms with Gasteiger partial charge >= 0.3 is 0 Å². The van der Waals surface area contributed by atoms with Crippen molar-refractivity contribution in [2.24, 2.45) is 11.8 Å². The highest BCUT2D eigenvalue weighted by atomic mass is 15.1. The lowest BCUT2D eigenvalue weighted by atomic mass is 9.92. The van der Waals surface area contributed by atoms with Crippen molar-refractivity contribution >= 4 is 0 Å². The number of hydrogen-bond donors (Lipinski definition) is 0. The van der Waals surface area contributed by atoms with Crippen molar-refractivity contribution in [2.45, 2.75) is 46.0 Å². The average Bonchev–Trinajstić information content (AvgIpc) is 2.21. The fourth-order valence-electron chi connectivity index (χ4n) is 2.53. The Morgan fingerprint density at radius 3 is 2.36 bits per heavy atom. The van der Waals surface area contributed by atoms with E-state index in [0.29, 0.717) is 0 Å². The van der Waals surface area contributed by atoms with E-state index in [1.54, 1.807) is 5.70 Å². The van der Waals surface area contributed by atoms with Gasteiger partial charge in [-0.2, -0.15) is 0 Å². The first-order chi connectivity index (χ1) is 6.75. The van der Waals surface area contributed by atoms with Crippen molar-refractivity contribution in [3.63, 3.8) is 0 Å². The van der Waals surface area contributed by atoms with Crippen LogP contribution in [-0.2, 0) is 0 Å². The van der Waals surface area contributed by atoms with Crippen molar-refractivity contribution in [2.75, 3.05) is 13.1 Å². The van der Waals surface area contributed by atoms with E-state index < -0.39 is 0 Å². The minimum absolute atomic E-state index is 0.919. The van der Waals surface area contributed by atoms with E-state index in [2.05, 4.69) is 24.8 Å². The quantitative estimate of drug-likeness (QED) is 0.617. The molecular weight excluding hydrogens is 170 g/mol. The summed E-state index contributed by atoms with van der Waals surface area (Å²) in [5.74, 6) is 1.87. The maximum absolute atomic E-state index is 2.63. The fourth-order valence-corrected chi connectivity index (χ4v) is 2.53. The van der Waals surface area contributed by atoms with E-state index >= 15 is 0 Å². The molecule has 0 saturated carbocycles. The van der Waals surface area contributed by atoms with Crippen LogP contribution >= 0.6 is 0 Å². The maximum atomic E-state index is 2.63. The molecule has 1 aliphatic heterocycles. The molecule has 0 aromatic rings. The van der Waals surface area contributed by atoms with E-state index in [-0.39, 0.29) is 0 Å². The molecule has 14 heavy (non-hydrogen) atoms. The number of hydrogen-bond acceptors (Lipinski definition) is 1. The van der Waals surface area contributed by atoms with Gasteiger partial charge in [0, 0.05) is 18.8 Å². The van der Waals surface area contributed by atoms with E-state index in [1.807, 2.05) is 0 Å². The van der Waals surface area contributed by atoms with E-state index in [4.69, 9.17) is 0 Å². The molecule has 0 aromatic carbocycles. The van der Waals surface area contributed by atoms with Gasteiger partial charge in [-0.25, -0.2) is 0 Å². The second-order valence-electron chi connectivity index (χ2n) is 5.24. The third kappa shape index (κ3) is 2.31. The smallest absolute Gasteiger partial charge is 0.0177 e. The van der Waals surface area contributed by atoms with Gasteiger partial charge in [0.05, 0.1) is 0 Å². The standard InChI is InChI=1S/C13H23N/c1-11-3-5-13(6-4-11)14-9-7-12(2)8-10-14/h5,11-12H,3-4,6-10H2,1-2H3. The van der Waals surface area contributed by atoms with Crippen LogP contribution in [0.5, 0.6) is 0 Å². The molecule has 0 N–H and O–H groups in total. The van der Waals surface area contributed by atoms with Crippen LogP contribution in [0.2, 0.25) is 0 Å². The molecule has 2 rings (SSSR count). The second kappa shape index (κ2) is 4.37. The Bertz CT molecular complexity index is 211. The van der Waals surface area contributed by atoms with Gasteiger partial charge in [0.15, 0.2) is 0 Å². The molecule has 1 heterocycles. The second-order valence-corrected chi connectivity index (χ2v) is 5.24. The van der Waals surface area contributed by atoms with Gasteiger partial charge in [-0.15, -0.1) is 0 Å². The van der Waals surface area contributed by atoms with Gasteiger partial charge in [-0.1, -0.05) is 19.9 Å². The van der Waals surface area contributed by atoms with E-state index in [0.717, 1.165) is 11.8 Å². The summed E-state index contributed by atoms with van der Waals surface area (Å²) in [6, 6.07) is 0. The minimum Gasteiger partial charge on any atom is -0.375 e. The Labute approximate surface area is 88.2 Å². The average molecular weight is 193 g/mol. The van der Waals surface area contributed by atoms with Crippen LogP contribution in [0.15, 0.2) is 11.8 Å². The normalized spacial score (nSPS) is 30.3. The van der Waals surface area contributed by atoms with Gasteiger partial charge in [0.2, 0.25) is 0 Å². The van der Waals surface area contributed by atoms with Gasteiger partial charge in [-0.05, 0) is 43.9 Å². The van der Waals surface area contributed by atoms with Crippen LogP contribution in [0.25, 0.3) is 0 Å². The lowest BCUT2D eigenvalue weighted by Crippen LogP contribution is -2.33. The first kappa shape index (κ1) is 10.1. The zero-order valence-corrected chi connectivity index (χ0v) is 9.63. The number of allylic oxidation sites excluding steroid dienone is 2. The Balaban J connectivity index is 1.89. The molecular formula is C13H23N. The molecule has 1 aliphatic carbocycles. The zero-order valence-electron chi connectivity index (χ0n) is 9.63. The monoisotopic (exact) mass is 193 g/mol. The summed E-state index contributed by atoms with van der Waals surface area (Å²) in [4.78, 5) is 2.63. The molecule has 1 heteroatoms. The molecule has 0 radical (unpaired) electrons. The van der Waals surface area contributed by atoms with E-state index in [1.165, 1.54) is 45.2 Å². The Morgan fingerprint density at radius 2 is 1.79 bits per heavy atom. The third-order valence-corrected chi connectivity index (χ3v) is 3.84. The summed E-state index contributed by atoms with van der Waals surface area (Å²) in [5, 5.41) is 0. The van der Waals surface area contributed by atoms with Crippen LogP contribution in [-0.4, -0.2) is 18.0 Å². The summed E-state index contributed by atoms with van der Waals surface area (Å²) in [6.07, 6.45) is 9.32. The molecule has 0 bridgehead atoms. The van der Waals surface area contributed by atoms with Crippen molar-refractivity contribution < 1.29 is 0 Å². The Kier molecular flexibility index (Phi) is 3.15. The lowest BCUT2D eigenvalue weighted by Gasteiger charge is -2.36. The van der Waals surface area contributed by atoms with Crippen LogP contribution < -0.4 is 0 Å². The molecule has 0 amide bonds. The molecule has 1 saturated heterocycles. The molecule has 80 valence electrons. The summed E-state index contributed by atoms with van der Waals surface area (Å²) < 4.78 is 0. The van der Waals surface area contributed by atoms with Gasteiger partial charge in [-0.3, -0.25) is 0 Å². The molecule has 2 aliphatic rings. The van der Waals surface area contributed by atoms with Crippen LogP contribution in [0.1, 0.15) is 46.0 Å². The van der Waals surface area contributed by atoms with Crippen LogP contribution in [0.4, 0.5) is 0 Å².